The number of carbonyl (C=O) groups is 2. The summed E-state index contributed by atoms with van der Waals surface area (Å²) in [6.07, 6.45) is 9.69. The van der Waals surface area contributed by atoms with Crippen molar-refractivity contribution >= 4 is 17.6 Å². The average Bonchev–Trinajstić information content (AvgIpc) is 3.01. The van der Waals surface area contributed by atoms with Gasteiger partial charge >= 0.3 is 12.0 Å². The lowest BCUT2D eigenvalue weighted by Crippen LogP contribution is -2.17. The van der Waals surface area contributed by atoms with E-state index in [2.05, 4.69) is 15.3 Å². The van der Waals surface area contributed by atoms with Crippen LogP contribution in [0.4, 0.5) is 5.69 Å². The molecule has 1 saturated carbocycles. The van der Waals surface area contributed by atoms with Gasteiger partial charge in [-0.15, -0.1) is 0 Å². The minimum absolute atomic E-state index is 0.102. The highest BCUT2D eigenvalue weighted by Crippen LogP contribution is 2.33. The number of nitrogens with one attached hydrogen (secondary N) is 1. The Morgan fingerprint density at radius 3 is 2.52 bits per heavy atom. The highest BCUT2D eigenvalue weighted by Gasteiger charge is 2.21. The van der Waals surface area contributed by atoms with Crippen LogP contribution in [0.15, 0.2) is 85.2 Å². The molecule has 1 fully saturated rings. The number of ether oxygens (including phenoxy) is 3. The lowest BCUT2D eigenvalue weighted by atomic mass is 9.84. The molecule has 0 spiro atoms. The van der Waals surface area contributed by atoms with Crippen LogP contribution in [0.3, 0.4) is 0 Å². The maximum atomic E-state index is 12.8. The number of pyridine rings is 1. The lowest BCUT2D eigenvalue weighted by molar-refractivity contribution is 0.0600. The molecular formula is C33H34N4O5. The van der Waals surface area contributed by atoms with E-state index in [0.29, 0.717) is 41.2 Å². The Labute approximate surface area is 245 Å². The first kappa shape index (κ1) is 28.7. The molecule has 42 heavy (non-hydrogen) atoms. The number of para-hydroxylation sites is 1. The summed E-state index contributed by atoms with van der Waals surface area (Å²) in [6.45, 7) is 0.608. The number of aromatic nitrogens is 3. The van der Waals surface area contributed by atoms with Crippen molar-refractivity contribution in [3.05, 3.63) is 102 Å². The lowest BCUT2D eigenvalue weighted by Gasteiger charge is -2.25. The summed E-state index contributed by atoms with van der Waals surface area (Å²) < 4.78 is 16.5. The van der Waals surface area contributed by atoms with Crippen molar-refractivity contribution < 1.29 is 23.8 Å². The zero-order valence-electron chi connectivity index (χ0n) is 23.6. The first-order valence-corrected chi connectivity index (χ1v) is 14.2. The number of hydrogen-bond donors (Lipinski definition) is 1. The fraction of sp³-hybridized carbons (Fsp3) is 0.303. The van der Waals surface area contributed by atoms with Crippen LogP contribution in [0, 0.1) is 5.92 Å². The molecule has 1 aliphatic carbocycles. The van der Waals surface area contributed by atoms with Crippen molar-refractivity contribution in [2.45, 2.75) is 44.4 Å². The molecule has 1 aliphatic rings. The molecule has 9 nitrogen and oxygen atoms in total. The summed E-state index contributed by atoms with van der Waals surface area (Å²) in [5.41, 5.74) is 2.31. The molecule has 1 N–H and O–H groups in total. The third-order valence-corrected chi connectivity index (χ3v) is 7.36. The molecule has 0 saturated heterocycles. The second-order valence-corrected chi connectivity index (χ2v) is 10.3. The van der Waals surface area contributed by atoms with Gasteiger partial charge in [-0.2, -0.15) is 4.98 Å². The zero-order chi connectivity index (χ0) is 29.1. The number of anilines is 1. The number of amides is 1. The van der Waals surface area contributed by atoms with Gasteiger partial charge in [0, 0.05) is 17.8 Å². The van der Waals surface area contributed by atoms with Crippen LogP contribution in [0.25, 0.3) is 0 Å². The Hall–Kier alpha value is -4.79. The van der Waals surface area contributed by atoms with Crippen molar-refractivity contribution in [1.29, 1.82) is 0 Å². The smallest absolute Gasteiger partial charge is 0.337 e. The predicted octanol–water partition coefficient (Wildman–Crippen LogP) is 6.84. The highest BCUT2D eigenvalue weighted by atomic mass is 16.5. The van der Waals surface area contributed by atoms with E-state index >= 15 is 0 Å². The molecule has 2 aromatic heterocycles. The Morgan fingerprint density at radius 1 is 0.881 bits per heavy atom. The van der Waals surface area contributed by atoms with E-state index in [1.54, 1.807) is 42.6 Å². The van der Waals surface area contributed by atoms with Crippen molar-refractivity contribution in [3.8, 4) is 17.5 Å². The van der Waals surface area contributed by atoms with Gasteiger partial charge in [0.15, 0.2) is 0 Å². The number of methoxy groups -OCH3 is 1. The summed E-state index contributed by atoms with van der Waals surface area (Å²) in [4.78, 5) is 37.7. The van der Waals surface area contributed by atoms with E-state index < -0.39 is 0 Å². The maximum absolute atomic E-state index is 12.8. The number of rotatable bonds is 9. The van der Waals surface area contributed by atoms with Crippen LogP contribution < -0.4 is 14.8 Å². The quantitative estimate of drug-likeness (QED) is 0.219. The molecule has 5 rings (SSSR count). The Bertz CT molecular complexity index is 1480. The second kappa shape index (κ2) is 14.2. The molecule has 0 aliphatic heterocycles. The summed E-state index contributed by atoms with van der Waals surface area (Å²) in [5.74, 6) is 1.31. The molecular weight excluding hydrogens is 532 g/mol. The van der Waals surface area contributed by atoms with Gasteiger partial charge in [0.25, 0.3) is 5.91 Å². The number of hydrogen-bond acceptors (Lipinski definition) is 8. The normalized spacial score (nSPS) is 16.9. The van der Waals surface area contributed by atoms with E-state index in [1.807, 2.05) is 36.4 Å². The number of benzene rings is 2. The molecule has 2 heterocycles. The van der Waals surface area contributed by atoms with Crippen LogP contribution in [0.5, 0.6) is 17.5 Å². The van der Waals surface area contributed by atoms with E-state index in [4.69, 9.17) is 19.2 Å². The molecule has 0 bridgehead atoms. The first-order valence-electron chi connectivity index (χ1n) is 14.2. The molecule has 2 aromatic carbocycles. The van der Waals surface area contributed by atoms with Gasteiger partial charge in [-0.05, 0) is 80.1 Å². The van der Waals surface area contributed by atoms with Crippen molar-refractivity contribution in [2.24, 2.45) is 5.92 Å². The molecule has 4 aromatic rings. The van der Waals surface area contributed by atoms with Crippen LogP contribution in [-0.2, 0) is 4.74 Å². The average molecular weight is 567 g/mol. The Balaban J connectivity index is 1.14. The van der Waals surface area contributed by atoms with E-state index in [1.165, 1.54) is 13.3 Å². The minimum atomic E-state index is -0.371. The largest absolute Gasteiger partial charge is 0.493 e. The highest BCUT2D eigenvalue weighted by molar-refractivity contribution is 6.02. The van der Waals surface area contributed by atoms with Crippen molar-refractivity contribution in [2.75, 3.05) is 19.0 Å². The van der Waals surface area contributed by atoms with Crippen LogP contribution in [0.2, 0.25) is 0 Å². The molecule has 0 radical (unpaired) electrons. The van der Waals surface area contributed by atoms with Crippen LogP contribution in [0.1, 0.15) is 71.0 Å². The summed E-state index contributed by atoms with van der Waals surface area (Å²) in [5, 5.41) is 2.86. The topological polar surface area (TPSA) is 113 Å². The van der Waals surface area contributed by atoms with Crippen molar-refractivity contribution in [1.82, 2.24) is 15.0 Å². The van der Waals surface area contributed by atoms with Gasteiger partial charge in [0.2, 0.25) is 0 Å². The number of esters is 1. The molecule has 1 amide bonds. The monoisotopic (exact) mass is 566 g/mol. The fourth-order valence-corrected chi connectivity index (χ4v) is 5.08. The summed E-state index contributed by atoms with van der Waals surface area (Å²) in [6, 6.07) is 21.8. The van der Waals surface area contributed by atoms with Gasteiger partial charge < -0.3 is 19.5 Å². The molecule has 2 unspecified atom stereocenters. The van der Waals surface area contributed by atoms with Gasteiger partial charge in [0.05, 0.1) is 31.2 Å². The standard InChI is InChI=1S/C33H34N4O5/c1-40-32(39)25-10-7-13-28(20-25)41-22-23-8-5-6-9-24(15-14-23)29-17-16-26(21-35-29)36-31(38)30-18-19-34-33(37-30)42-27-11-3-2-4-12-27/h2-4,7,10-13,16-21,23-24H,5-6,8-9,14-15,22H2,1H3,(H,36,38). The second-order valence-electron chi connectivity index (χ2n) is 10.3. The van der Waals surface area contributed by atoms with E-state index in [9.17, 15) is 9.59 Å². The number of nitrogens with zero attached hydrogens (tertiary/aromatic N) is 3. The Kier molecular flexibility index (Phi) is 9.72. The van der Waals surface area contributed by atoms with Crippen LogP contribution in [-0.4, -0.2) is 40.5 Å². The molecule has 2 atom stereocenters. The number of carbonyl (C=O) groups excluding carboxylic acids is 2. The third-order valence-electron chi connectivity index (χ3n) is 7.36. The zero-order valence-corrected chi connectivity index (χ0v) is 23.6. The van der Waals surface area contributed by atoms with E-state index in [0.717, 1.165) is 44.2 Å². The molecule has 9 heteroatoms. The summed E-state index contributed by atoms with van der Waals surface area (Å²) >= 11 is 0. The predicted molar refractivity (Wildman–Crippen MR) is 158 cm³/mol. The minimum Gasteiger partial charge on any atom is -0.493 e. The SMILES string of the molecule is COC(=O)c1cccc(OCC2CCCCC(c3ccc(NC(=O)c4ccnc(Oc5ccccc5)n4)cn3)CC2)c1. The molecule has 216 valence electrons. The van der Waals surface area contributed by atoms with Gasteiger partial charge in [0.1, 0.15) is 17.2 Å². The Morgan fingerprint density at radius 2 is 1.71 bits per heavy atom. The van der Waals surface area contributed by atoms with Gasteiger partial charge in [-0.1, -0.05) is 37.1 Å². The van der Waals surface area contributed by atoms with Crippen LogP contribution >= 0.6 is 0 Å². The maximum Gasteiger partial charge on any atom is 0.337 e. The van der Waals surface area contributed by atoms with Gasteiger partial charge in [-0.3, -0.25) is 9.78 Å². The third kappa shape index (κ3) is 7.90. The van der Waals surface area contributed by atoms with E-state index in [-0.39, 0.29) is 23.6 Å². The summed E-state index contributed by atoms with van der Waals surface area (Å²) in [7, 11) is 1.37. The fourth-order valence-electron chi connectivity index (χ4n) is 5.08. The first-order chi connectivity index (χ1) is 20.6. The van der Waals surface area contributed by atoms with Crippen molar-refractivity contribution in [3.63, 3.8) is 0 Å². The van der Waals surface area contributed by atoms with Gasteiger partial charge in [-0.25, -0.2) is 9.78 Å².